The van der Waals surface area contributed by atoms with Crippen molar-refractivity contribution in [3.8, 4) is 0 Å². The predicted octanol–water partition coefficient (Wildman–Crippen LogP) is 2.35. The van der Waals surface area contributed by atoms with E-state index in [0.29, 0.717) is 16.0 Å². The number of halogens is 1. The van der Waals surface area contributed by atoms with Crippen molar-refractivity contribution in [3.05, 3.63) is 22.2 Å². The van der Waals surface area contributed by atoms with Gasteiger partial charge in [-0.15, -0.1) is 0 Å². The van der Waals surface area contributed by atoms with Crippen molar-refractivity contribution in [3.63, 3.8) is 0 Å². The van der Waals surface area contributed by atoms with Gasteiger partial charge in [0.1, 0.15) is 11.5 Å². The summed E-state index contributed by atoms with van der Waals surface area (Å²) in [6.45, 7) is 6.01. The molecule has 1 aromatic rings. The number of aromatic nitrogens is 2. The number of carbonyl (C=O) groups excluding carboxylic acids is 1. The standard InChI is InChI=1S/C9H11BrN2O/c1-9(2,3)8-11-4-6(10)7(5-13)12-8/h4-5H,1-3H3. The third-order valence-corrected chi connectivity index (χ3v) is 2.16. The highest BCUT2D eigenvalue weighted by molar-refractivity contribution is 9.10. The summed E-state index contributed by atoms with van der Waals surface area (Å²) in [5.41, 5.74) is 0.276. The Morgan fingerprint density at radius 2 is 2.08 bits per heavy atom. The largest absolute Gasteiger partial charge is 0.296 e. The van der Waals surface area contributed by atoms with Gasteiger partial charge >= 0.3 is 0 Å². The van der Waals surface area contributed by atoms with Gasteiger partial charge in [-0.25, -0.2) is 9.97 Å². The SMILES string of the molecule is CC(C)(C)c1ncc(Br)c(C=O)n1. The lowest BCUT2D eigenvalue weighted by molar-refractivity contribution is 0.111. The summed E-state index contributed by atoms with van der Waals surface area (Å²) in [6.07, 6.45) is 2.33. The first-order chi connectivity index (χ1) is 5.95. The second-order valence-electron chi connectivity index (χ2n) is 3.79. The van der Waals surface area contributed by atoms with Crippen LogP contribution >= 0.6 is 15.9 Å². The van der Waals surface area contributed by atoms with Crippen LogP contribution in [-0.2, 0) is 5.41 Å². The van der Waals surface area contributed by atoms with Crippen LogP contribution in [0.5, 0.6) is 0 Å². The molecule has 0 saturated heterocycles. The van der Waals surface area contributed by atoms with Gasteiger partial charge in [-0.1, -0.05) is 20.8 Å². The van der Waals surface area contributed by atoms with Crippen molar-refractivity contribution in [2.24, 2.45) is 0 Å². The van der Waals surface area contributed by atoms with Gasteiger partial charge in [0.25, 0.3) is 0 Å². The molecule has 0 atom stereocenters. The number of hydrogen-bond donors (Lipinski definition) is 0. The quantitative estimate of drug-likeness (QED) is 0.711. The van der Waals surface area contributed by atoms with Crippen molar-refractivity contribution in [2.75, 3.05) is 0 Å². The van der Waals surface area contributed by atoms with E-state index in [9.17, 15) is 4.79 Å². The van der Waals surface area contributed by atoms with Crippen molar-refractivity contribution in [2.45, 2.75) is 26.2 Å². The summed E-state index contributed by atoms with van der Waals surface area (Å²) in [5, 5.41) is 0. The van der Waals surface area contributed by atoms with E-state index in [-0.39, 0.29) is 5.41 Å². The lowest BCUT2D eigenvalue weighted by Gasteiger charge is -2.16. The Morgan fingerprint density at radius 3 is 2.54 bits per heavy atom. The normalized spacial score (nSPS) is 11.4. The highest BCUT2D eigenvalue weighted by Gasteiger charge is 2.18. The molecule has 1 aromatic heterocycles. The van der Waals surface area contributed by atoms with Crippen molar-refractivity contribution < 1.29 is 4.79 Å². The number of hydrogen-bond acceptors (Lipinski definition) is 3. The van der Waals surface area contributed by atoms with Crippen LogP contribution in [0.1, 0.15) is 37.1 Å². The van der Waals surface area contributed by atoms with E-state index in [2.05, 4.69) is 25.9 Å². The molecule has 0 aliphatic carbocycles. The Morgan fingerprint density at radius 1 is 1.46 bits per heavy atom. The zero-order chi connectivity index (χ0) is 10.1. The molecule has 4 heteroatoms. The molecule has 0 N–H and O–H groups in total. The molecule has 1 heterocycles. The maximum atomic E-state index is 10.6. The number of carbonyl (C=O) groups is 1. The van der Waals surface area contributed by atoms with E-state index in [4.69, 9.17) is 0 Å². The van der Waals surface area contributed by atoms with E-state index >= 15 is 0 Å². The molecule has 0 radical (unpaired) electrons. The molecular formula is C9H11BrN2O. The fraction of sp³-hybridized carbons (Fsp3) is 0.444. The first kappa shape index (κ1) is 10.3. The monoisotopic (exact) mass is 242 g/mol. The molecule has 0 unspecified atom stereocenters. The van der Waals surface area contributed by atoms with Gasteiger partial charge in [0.15, 0.2) is 6.29 Å². The maximum Gasteiger partial charge on any atom is 0.169 e. The summed E-state index contributed by atoms with van der Waals surface area (Å²) >= 11 is 3.20. The smallest absolute Gasteiger partial charge is 0.169 e. The number of nitrogens with zero attached hydrogens (tertiary/aromatic N) is 2. The van der Waals surface area contributed by atoms with Crippen LogP contribution in [0.2, 0.25) is 0 Å². The Bertz CT molecular complexity index is 331. The fourth-order valence-corrected chi connectivity index (χ4v) is 1.11. The Labute approximate surface area is 85.7 Å². The third-order valence-electron chi connectivity index (χ3n) is 1.55. The van der Waals surface area contributed by atoms with Crippen LogP contribution < -0.4 is 0 Å². The maximum absolute atomic E-state index is 10.6. The molecule has 13 heavy (non-hydrogen) atoms. The van der Waals surface area contributed by atoms with Crippen LogP contribution in [0.15, 0.2) is 10.7 Å². The first-order valence-electron chi connectivity index (χ1n) is 3.93. The predicted molar refractivity (Wildman–Crippen MR) is 53.8 cm³/mol. The molecule has 0 fully saturated rings. The second kappa shape index (κ2) is 3.54. The van der Waals surface area contributed by atoms with Crippen LogP contribution in [0.3, 0.4) is 0 Å². The summed E-state index contributed by atoms with van der Waals surface area (Å²) < 4.78 is 0.635. The second-order valence-corrected chi connectivity index (χ2v) is 4.65. The van der Waals surface area contributed by atoms with Gasteiger partial charge in [-0.3, -0.25) is 4.79 Å². The Kier molecular flexibility index (Phi) is 2.81. The summed E-state index contributed by atoms with van der Waals surface area (Å²) in [4.78, 5) is 18.9. The lowest BCUT2D eigenvalue weighted by Crippen LogP contribution is -2.16. The van der Waals surface area contributed by atoms with Crippen LogP contribution in [0.25, 0.3) is 0 Å². The van der Waals surface area contributed by atoms with E-state index in [1.54, 1.807) is 6.20 Å². The Balaban J connectivity index is 3.21. The van der Waals surface area contributed by atoms with Gasteiger partial charge < -0.3 is 0 Å². The van der Waals surface area contributed by atoms with Crippen molar-refractivity contribution in [1.82, 2.24) is 9.97 Å². The van der Waals surface area contributed by atoms with Crippen LogP contribution in [-0.4, -0.2) is 16.3 Å². The first-order valence-corrected chi connectivity index (χ1v) is 4.72. The highest BCUT2D eigenvalue weighted by atomic mass is 79.9. The average molecular weight is 243 g/mol. The van der Waals surface area contributed by atoms with Gasteiger partial charge in [-0.05, 0) is 15.9 Å². The zero-order valence-electron chi connectivity index (χ0n) is 7.84. The molecular weight excluding hydrogens is 232 g/mol. The molecule has 0 amide bonds. The van der Waals surface area contributed by atoms with Gasteiger partial charge in [0.05, 0.1) is 4.47 Å². The van der Waals surface area contributed by atoms with Gasteiger partial charge in [0, 0.05) is 11.6 Å². The lowest BCUT2D eigenvalue weighted by atomic mass is 9.96. The van der Waals surface area contributed by atoms with Crippen molar-refractivity contribution >= 4 is 22.2 Å². The topological polar surface area (TPSA) is 42.9 Å². The van der Waals surface area contributed by atoms with E-state index < -0.39 is 0 Å². The van der Waals surface area contributed by atoms with Gasteiger partial charge in [0.2, 0.25) is 0 Å². The number of aldehydes is 1. The molecule has 1 rings (SSSR count). The zero-order valence-corrected chi connectivity index (χ0v) is 9.42. The molecule has 0 saturated carbocycles. The van der Waals surface area contributed by atoms with Crippen molar-refractivity contribution in [1.29, 1.82) is 0 Å². The molecule has 3 nitrogen and oxygen atoms in total. The summed E-state index contributed by atoms with van der Waals surface area (Å²) in [5.74, 6) is 0.679. The van der Waals surface area contributed by atoms with Crippen LogP contribution in [0, 0.1) is 0 Å². The van der Waals surface area contributed by atoms with E-state index in [0.717, 1.165) is 6.29 Å². The minimum Gasteiger partial charge on any atom is -0.296 e. The summed E-state index contributed by atoms with van der Waals surface area (Å²) in [7, 11) is 0. The third kappa shape index (κ3) is 2.34. The molecule has 0 aliphatic heterocycles. The molecule has 0 aromatic carbocycles. The molecule has 0 bridgehead atoms. The van der Waals surface area contributed by atoms with E-state index in [1.807, 2.05) is 20.8 Å². The molecule has 70 valence electrons. The van der Waals surface area contributed by atoms with Crippen LogP contribution in [0.4, 0.5) is 0 Å². The fourth-order valence-electron chi connectivity index (χ4n) is 0.824. The molecule has 0 aliphatic rings. The minimum absolute atomic E-state index is 0.127. The number of rotatable bonds is 1. The summed E-state index contributed by atoms with van der Waals surface area (Å²) in [6, 6.07) is 0. The Hall–Kier alpha value is -0.770. The average Bonchev–Trinajstić information content (AvgIpc) is 2.03. The van der Waals surface area contributed by atoms with Gasteiger partial charge in [-0.2, -0.15) is 0 Å². The van der Waals surface area contributed by atoms with E-state index in [1.165, 1.54) is 0 Å². The minimum atomic E-state index is -0.127. The highest BCUT2D eigenvalue weighted by Crippen LogP contribution is 2.20. The molecule has 0 spiro atoms.